The van der Waals surface area contributed by atoms with Gasteiger partial charge in [0.25, 0.3) is 0 Å². The third-order valence-corrected chi connectivity index (χ3v) is 3.76. The zero-order valence-electron chi connectivity index (χ0n) is 10.8. The van der Waals surface area contributed by atoms with E-state index in [9.17, 15) is 0 Å². The smallest absolute Gasteiger partial charge is 0.144 e. The van der Waals surface area contributed by atoms with Crippen molar-refractivity contribution in [3.05, 3.63) is 22.7 Å². The predicted octanol–water partition coefficient (Wildman–Crippen LogP) is 3.20. The second kappa shape index (κ2) is 5.32. The summed E-state index contributed by atoms with van der Waals surface area (Å²) in [5.74, 6) is 0.843. The zero-order chi connectivity index (χ0) is 12.4. The molecular weight excluding hydrogens is 234 g/mol. The molecule has 2 rings (SSSR count). The highest BCUT2D eigenvalue weighted by molar-refractivity contribution is 6.29. The molecule has 1 aliphatic heterocycles. The standard InChI is InChI=1S/C13H20ClN3/c1-9-7-12(14)16-13(15-9)8-17-10(2)5-4-6-11(17)3/h7,10-11H,4-6,8H2,1-3H3. The Morgan fingerprint density at radius 3 is 2.53 bits per heavy atom. The molecule has 4 heteroatoms. The SMILES string of the molecule is Cc1cc(Cl)nc(CN2C(C)CCCC2C)n1. The summed E-state index contributed by atoms with van der Waals surface area (Å²) in [6, 6.07) is 3.02. The van der Waals surface area contributed by atoms with Crippen LogP contribution < -0.4 is 0 Å². The van der Waals surface area contributed by atoms with Crippen molar-refractivity contribution in [3.8, 4) is 0 Å². The number of aryl methyl sites for hydroxylation is 1. The molecule has 0 radical (unpaired) electrons. The van der Waals surface area contributed by atoms with Gasteiger partial charge >= 0.3 is 0 Å². The second-order valence-electron chi connectivity index (χ2n) is 5.05. The van der Waals surface area contributed by atoms with Crippen molar-refractivity contribution in [2.75, 3.05) is 0 Å². The largest absolute Gasteiger partial charge is 0.291 e. The maximum atomic E-state index is 5.97. The van der Waals surface area contributed by atoms with Crippen LogP contribution >= 0.6 is 11.6 Å². The molecule has 1 aromatic rings. The van der Waals surface area contributed by atoms with E-state index in [-0.39, 0.29) is 0 Å². The van der Waals surface area contributed by atoms with Gasteiger partial charge in [0.15, 0.2) is 0 Å². The molecule has 1 aromatic heterocycles. The summed E-state index contributed by atoms with van der Waals surface area (Å²) in [6.07, 6.45) is 3.86. The Hall–Kier alpha value is -0.670. The molecule has 0 aromatic carbocycles. The van der Waals surface area contributed by atoms with E-state index in [1.807, 2.05) is 6.92 Å². The molecule has 2 heterocycles. The molecular formula is C13H20ClN3. The van der Waals surface area contributed by atoms with Crippen molar-refractivity contribution in [1.82, 2.24) is 14.9 Å². The highest BCUT2D eigenvalue weighted by Gasteiger charge is 2.25. The molecule has 0 aliphatic carbocycles. The zero-order valence-corrected chi connectivity index (χ0v) is 11.5. The topological polar surface area (TPSA) is 29.0 Å². The third-order valence-electron chi connectivity index (χ3n) is 3.57. The first-order chi connectivity index (χ1) is 8.06. The minimum Gasteiger partial charge on any atom is -0.291 e. The van der Waals surface area contributed by atoms with Crippen LogP contribution in [0.15, 0.2) is 6.07 Å². The van der Waals surface area contributed by atoms with Crippen LogP contribution in [-0.2, 0) is 6.54 Å². The summed E-state index contributed by atoms with van der Waals surface area (Å²) in [4.78, 5) is 11.3. The van der Waals surface area contributed by atoms with Crippen molar-refractivity contribution in [2.24, 2.45) is 0 Å². The minimum absolute atomic E-state index is 0.546. The lowest BCUT2D eigenvalue weighted by Gasteiger charge is -2.38. The monoisotopic (exact) mass is 253 g/mol. The lowest BCUT2D eigenvalue weighted by atomic mass is 9.97. The van der Waals surface area contributed by atoms with Crippen LogP contribution in [0, 0.1) is 6.92 Å². The van der Waals surface area contributed by atoms with E-state index in [4.69, 9.17) is 11.6 Å². The highest BCUT2D eigenvalue weighted by atomic mass is 35.5. The molecule has 94 valence electrons. The quantitative estimate of drug-likeness (QED) is 0.758. The summed E-state index contributed by atoms with van der Waals surface area (Å²) < 4.78 is 0. The number of likely N-dealkylation sites (tertiary alicyclic amines) is 1. The molecule has 1 aliphatic rings. The Labute approximate surface area is 108 Å². The van der Waals surface area contributed by atoms with Gasteiger partial charge in [-0.3, -0.25) is 4.90 Å². The van der Waals surface area contributed by atoms with Crippen LogP contribution in [0.1, 0.15) is 44.6 Å². The van der Waals surface area contributed by atoms with Crippen molar-refractivity contribution < 1.29 is 0 Å². The second-order valence-corrected chi connectivity index (χ2v) is 5.44. The lowest BCUT2D eigenvalue weighted by molar-refractivity contribution is 0.0922. The molecule has 0 amide bonds. The van der Waals surface area contributed by atoms with Gasteiger partial charge in [0.2, 0.25) is 0 Å². The molecule has 3 nitrogen and oxygen atoms in total. The van der Waals surface area contributed by atoms with Gasteiger partial charge in [-0.25, -0.2) is 9.97 Å². The van der Waals surface area contributed by atoms with Gasteiger partial charge in [0, 0.05) is 17.8 Å². The fraction of sp³-hybridized carbons (Fsp3) is 0.692. The van der Waals surface area contributed by atoms with Crippen molar-refractivity contribution >= 4 is 11.6 Å². The minimum atomic E-state index is 0.546. The van der Waals surface area contributed by atoms with E-state index in [1.165, 1.54) is 19.3 Å². The van der Waals surface area contributed by atoms with Crippen LogP contribution in [0.4, 0.5) is 0 Å². The summed E-state index contributed by atoms with van der Waals surface area (Å²) in [6.45, 7) is 7.34. The number of nitrogens with zero attached hydrogens (tertiary/aromatic N) is 3. The van der Waals surface area contributed by atoms with Crippen LogP contribution in [0.25, 0.3) is 0 Å². The Balaban J connectivity index is 2.13. The number of rotatable bonds is 2. The van der Waals surface area contributed by atoms with Crippen molar-refractivity contribution in [1.29, 1.82) is 0 Å². The summed E-state index contributed by atoms with van der Waals surface area (Å²) in [5.41, 5.74) is 0.942. The molecule has 1 fully saturated rings. The molecule has 0 spiro atoms. The molecule has 1 saturated heterocycles. The van der Waals surface area contributed by atoms with E-state index in [0.717, 1.165) is 18.1 Å². The van der Waals surface area contributed by atoms with Crippen molar-refractivity contribution in [3.63, 3.8) is 0 Å². The molecule has 0 saturated carbocycles. The highest BCUT2D eigenvalue weighted by Crippen LogP contribution is 2.24. The average Bonchev–Trinajstić information content (AvgIpc) is 2.22. The van der Waals surface area contributed by atoms with E-state index in [2.05, 4.69) is 28.7 Å². The molecule has 17 heavy (non-hydrogen) atoms. The van der Waals surface area contributed by atoms with E-state index in [0.29, 0.717) is 17.2 Å². The Kier molecular flexibility index (Phi) is 4.00. The van der Waals surface area contributed by atoms with Crippen molar-refractivity contribution in [2.45, 2.75) is 58.7 Å². The van der Waals surface area contributed by atoms with Gasteiger partial charge in [-0.15, -0.1) is 0 Å². The normalized spacial score (nSPS) is 26.1. The Morgan fingerprint density at radius 2 is 1.94 bits per heavy atom. The van der Waals surface area contributed by atoms with Gasteiger partial charge in [0.1, 0.15) is 11.0 Å². The molecule has 0 bridgehead atoms. The van der Waals surface area contributed by atoms with Crippen LogP contribution in [0.2, 0.25) is 5.15 Å². The average molecular weight is 254 g/mol. The fourth-order valence-electron chi connectivity index (χ4n) is 2.61. The maximum Gasteiger partial charge on any atom is 0.144 e. The van der Waals surface area contributed by atoms with E-state index < -0.39 is 0 Å². The Bertz CT molecular complexity index is 364. The summed E-state index contributed by atoms with van der Waals surface area (Å²) in [7, 11) is 0. The summed E-state index contributed by atoms with van der Waals surface area (Å²) in [5, 5.41) is 0.546. The fourth-order valence-corrected chi connectivity index (χ4v) is 2.86. The predicted molar refractivity (Wildman–Crippen MR) is 70.1 cm³/mol. The third kappa shape index (κ3) is 3.17. The van der Waals surface area contributed by atoms with Gasteiger partial charge in [-0.1, -0.05) is 18.0 Å². The van der Waals surface area contributed by atoms with Gasteiger partial charge in [0.05, 0.1) is 6.54 Å². The van der Waals surface area contributed by atoms with Crippen LogP contribution in [0.3, 0.4) is 0 Å². The number of hydrogen-bond acceptors (Lipinski definition) is 3. The number of aromatic nitrogens is 2. The maximum absolute atomic E-state index is 5.97. The number of halogens is 1. The number of hydrogen-bond donors (Lipinski definition) is 0. The van der Waals surface area contributed by atoms with Gasteiger partial charge in [-0.05, 0) is 39.7 Å². The van der Waals surface area contributed by atoms with Crippen LogP contribution in [0.5, 0.6) is 0 Å². The first-order valence-corrected chi connectivity index (χ1v) is 6.70. The molecule has 2 unspecified atom stereocenters. The van der Waals surface area contributed by atoms with E-state index >= 15 is 0 Å². The number of piperidine rings is 1. The molecule has 2 atom stereocenters. The van der Waals surface area contributed by atoms with Crippen LogP contribution in [-0.4, -0.2) is 27.0 Å². The van der Waals surface area contributed by atoms with Gasteiger partial charge < -0.3 is 0 Å². The lowest BCUT2D eigenvalue weighted by Crippen LogP contribution is -2.43. The first-order valence-electron chi connectivity index (χ1n) is 6.32. The molecule has 0 N–H and O–H groups in total. The Morgan fingerprint density at radius 1 is 1.29 bits per heavy atom. The first kappa shape index (κ1) is 12.8. The van der Waals surface area contributed by atoms with Gasteiger partial charge in [-0.2, -0.15) is 0 Å². The summed E-state index contributed by atoms with van der Waals surface area (Å²) >= 11 is 5.97. The van der Waals surface area contributed by atoms with E-state index in [1.54, 1.807) is 6.07 Å².